The molecular formula is C20H23N3O3. The summed E-state index contributed by atoms with van der Waals surface area (Å²) in [5.74, 6) is -0.970. The average molecular weight is 353 g/mol. The molecule has 2 aromatic rings. The van der Waals surface area contributed by atoms with Crippen LogP contribution in [0.4, 0.5) is 0 Å². The van der Waals surface area contributed by atoms with Gasteiger partial charge in [0.2, 0.25) is 0 Å². The van der Waals surface area contributed by atoms with Crippen LogP contribution in [0.15, 0.2) is 24.3 Å². The predicted molar refractivity (Wildman–Crippen MR) is 96.6 cm³/mol. The van der Waals surface area contributed by atoms with Crippen LogP contribution in [0.5, 0.6) is 0 Å². The molecule has 2 aliphatic rings. The quantitative estimate of drug-likeness (QED) is 0.917. The molecule has 4 rings (SSSR count). The van der Waals surface area contributed by atoms with Crippen molar-refractivity contribution in [1.29, 1.82) is 0 Å². The van der Waals surface area contributed by atoms with Crippen LogP contribution in [0.2, 0.25) is 0 Å². The van der Waals surface area contributed by atoms with Gasteiger partial charge in [0.05, 0.1) is 12.1 Å². The van der Waals surface area contributed by atoms with Gasteiger partial charge in [0.1, 0.15) is 0 Å². The minimum Gasteiger partial charge on any atom is -0.481 e. The van der Waals surface area contributed by atoms with Gasteiger partial charge in [-0.2, -0.15) is 5.10 Å². The van der Waals surface area contributed by atoms with Crippen molar-refractivity contribution in [1.82, 2.24) is 14.7 Å². The number of carbonyl (C=O) groups is 2. The highest BCUT2D eigenvalue weighted by atomic mass is 16.4. The first kappa shape index (κ1) is 16.8. The molecule has 1 saturated heterocycles. The van der Waals surface area contributed by atoms with Crippen LogP contribution < -0.4 is 0 Å². The number of likely N-dealkylation sites (tertiary alicyclic amines) is 1. The molecule has 1 aliphatic carbocycles. The Bertz CT molecular complexity index is 854. The molecule has 6 heteroatoms. The number of fused-ring (bicyclic) bond motifs is 1. The van der Waals surface area contributed by atoms with Gasteiger partial charge in [-0.25, -0.2) is 4.68 Å². The number of rotatable bonds is 4. The highest BCUT2D eigenvalue weighted by Gasteiger charge is 2.35. The second-order valence-electron chi connectivity index (χ2n) is 7.27. The fourth-order valence-electron chi connectivity index (χ4n) is 4.16. The fraction of sp³-hybridized carbons (Fsp3) is 0.450. The third-order valence-electron chi connectivity index (χ3n) is 5.46. The minimum absolute atomic E-state index is 0.00655. The molecule has 1 unspecified atom stereocenters. The lowest BCUT2D eigenvalue weighted by molar-refractivity contribution is -0.137. The van der Waals surface area contributed by atoms with E-state index in [0.29, 0.717) is 12.2 Å². The standard InChI is InChI=1S/C20H23N3O3/c1-13-7-9-14(10-8-13)23-17-6-2-5-16(17)19(21-23)20(26)22-11-3-4-15(22)12-18(24)25/h7-10,15H,2-6,11-12H2,1H3,(H,24,25). The van der Waals surface area contributed by atoms with Crippen molar-refractivity contribution in [3.63, 3.8) is 0 Å². The first-order chi connectivity index (χ1) is 12.5. The summed E-state index contributed by atoms with van der Waals surface area (Å²) in [5, 5.41) is 13.8. The molecule has 1 aromatic heterocycles. The zero-order chi connectivity index (χ0) is 18.3. The number of carbonyl (C=O) groups excluding carboxylic acids is 1. The first-order valence-corrected chi connectivity index (χ1v) is 9.25. The van der Waals surface area contributed by atoms with Crippen LogP contribution in [0.25, 0.3) is 5.69 Å². The van der Waals surface area contributed by atoms with Crippen LogP contribution in [0, 0.1) is 6.92 Å². The van der Waals surface area contributed by atoms with Gasteiger partial charge in [-0.05, 0) is 51.2 Å². The van der Waals surface area contributed by atoms with Crippen molar-refractivity contribution in [2.45, 2.75) is 51.5 Å². The zero-order valence-corrected chi connectivity index (χ0v) is 14.9. The maximum Gasteiger partial charge on any atom is 0.305 e. The smallest absolute Gasteiger partial charge is 0.305 e. The molecule has 0 spiro atoms. The van der Waals surface area contributed by atoms with Gasteiger partial charge in [-0.15, -0.1) is 0 Å². The average Bonchev–Trinajstić information content (AvgIpc) is 3.30. The normalized spacial score (nSPS) is 19.0. The van der Waals surface area contributed by atoms with Crippen molar-refractivity contribution in [2.24, 2.45) is 0 Å². The summed E-state index contributed by atoms with van der Waals surface area (Å²) >= 11 is 0. The Balaban J connectivity index is 1.69. The van der Waals surface area contributed by atoms with Crippen LogP contribution in [-0.2, 0) is 17.6 Å². The Morgan fingerprint density at radius 2 is 1.96 bits per heavy atom. The Morgan fingerprint density at radius 3 is 2.69 bits per heavy atom. The van der Waals surface area contributed by atoms with Gasteiger partial charge < -0.3 is 10.0 Å². The summed E-state index contributed by atoms with van der Waals surface area (Å²) in [7, 11) is 0. The Kier molecular flexibility index (Phi) is 4.26. The van der Waals surface area contributed by atoms with Crippen LogP contribution >= 0.6 is 0 Å². The minimum atomic E-state index is -0.856. The summed E-state index contributed by atoms with van der Waals surface area (Å²) in [4.78, 5) is 26.0. The van der Waals surface area contributed by atoms with E-state index in [4.69, 9.17) is 5.11 Å². The molecular weight excluding hydrogens is 330 g/mol. The summed E-state index contributed by atoms with van der Waals surface area (Å²) in [5.41, 5.74) is 4.82. The van der Waals surface area contributed by atoms with Gasteiger partial charge in [0.15, 0.2) is 5.69 Å². The molecule has 26 heavy (non-hydrogen) atoms. The highest BCUT2D eigenvalue weighted by molar-refractivity contribution is 5.95. The molecule has 0 radical (unpaired) electrons. The number of carboxylic acid groups (broad SMARTS) is 1. The molecule has 0 saturated carbocycles. The molecule has 1 amide bonds. The van der Waals surface area contributed by atoms with E-state index in [1.165, 1.54) is 5.56 Å². The van der Waals surface area contributed by atoms with E-state index in [1.54, 1.807) is 4.90 Å². The molecule has 1 atom stereocenters. The maximum absolute atomic E-state index is 13.2. The van der Waals surface area contributed by atoms with Gasteiger partial charge >= 0.3 is 5.97 Å². The predicted octanol–water partition coefficient (Wildman–Crippen LogP) is 2.75. The SMILES string of the molecule is Cc1ccc(-n2nc(C(=O)N3CCCC3CC(=O)O)c3c2CCC3)cc1. The van der Waals surface area contributed by atoms with Gasteiger partial charge in [-0.1, -0.05) is 17.7 Å². The van der Waals surface area contributed by atoms with Crippen molar-refractivity contribution in [3.05, 3.63) is 46.8 Å². The molecule has 1 N–H and O–H groups in total. The van der Waals surface area contributed by atoms with E-state index in [2.05, 4.69) is 5.10 Å². The van der Waals surface area contributed by atoms with E-state index in [0.717, 1.165) is 49.0 Å². The number of aromatic nitrogens is 2. The van der Waals surface area contributed by atoms with Gasteiger partial charge in [0.25, 0.3) is 5.91 Å². The topological polar surface area (TPSA) is 75.4 Å². The van der Waals surface area contributed by atoms with E-state index < -0.39 is 5.97 Å². The highest BCUT2D eigenvalue weighted by Crippen LogP contribution is 2.30. The molecule has 1 fully saturated rings. The van der Waals surface area contributed by atoms with Crippen LogP contribution in [-0.4, -0.2) is 44.3 Å². The van der Waals surface area contributed by atoms with Crippen molar-refractivity contribution < 1.29 is 14.7 Å². The second kappa shape index (κ2) is 6.59. The summed E-state index contributed by atoms with van der Waals surface area (Å²) < 4.78 is 1.90. The largest absolute Gasteiger partial charge is 0.481 e. The van der Waals surface area contributed by atoms with E-state index in [-0.39, 0.29) is 18.4 Å². The maximum atomic E-state index is 13.2. The number of hydrogen-bond donors (Lipinski definition) is 1. The van der Waals surface area contributed by atoms with Crippen LogP contribution in [0.1, 0.15) is 53.0 Å². The zero-order valence-electron chi connectivity index (χ0n) is 14.9. The Morgan fingerprint density at radius 1 is 1.19 bits per heavy atom. The molecule has 1 aliphatic heterocycles. The Hall–Kier alpha value is -2.63. The summed E-state index contributed by atoms with van der Waals surface area (Å²) in [6.45, 7) is 2.66. The number of nitrogens with zero attached hydrogens (tertiary/aromatic N) is 3. The number of amides is 1. The third kappa shape index (κ3) is 2.89. The molecule has 6 nitrogen and oxygen atoms in total. The number of carboxylic acids is 1. The molecule has 1 aromatic carbocycles. The van der Waals surface area contributed by atoms with Gasteiger partial charge in [-0.3, -0.25) is 9.59 Å². The lowest BCUT2D eigenvalue weighted by Crippen LogP contribution is -2.37. The lowest BCUT2D eigenvalue weighted by atomic mass is 10.1. The van der Waals surface area contributed by atoms with E-state index in [9.17, 15) is 9.59 Å². The number of benzene rings is 1. The molecule has 2 heterocycles. The Labute approximate surface area is 152 Å². The van der Waals surface area contributed by atoms with E-state index >= 15 is 0 Å². The van der Waals surface area contributed by atoms with Crippen molar-refractivity contribution >= 4 is 11.9 Å². The number of aliphatic carboxylic acids is 1. The van der Waals surface area contributed by atoms with Crippen molar-refractivity contribution in [3.8, 4) is 5.69 Å². The lowest BCUT2D eigenvalue weighted by Gasteiger charge is -2.22. The number of hydrogen-bond acceptors (Lipinski definition) is 3. The first-order valence-electron chi connectivity index (χ1n) is 9.25. The molecule has 0 bridgehead atoms. The third-order valence-corrected chi connectivity index (χ3v) is 5.46. The summed E-state index contributed by atoms with van der Waals surface area (Å²) in [6.07, 6.45) is 4.41. The van der Waals surface area contributed by atoms with Crippen molar-refractivity contribution in [2.75, 3.05) is 6.54 Å². The monoisotopic (exact) mass is 353 g/mol. The number of aryl methyl sites for hydroxylation is 1. The molecule has 136 valence electrons. The summed E-state index contributed by atoms with van der Waals surface area (Å²) in [6, 6.07) is 7.92. The van der Waals surface area contributed by atoms with E-state index in [1.807, 2.05) is 35.9 Å². The second-order valence-corrected chi connectivity index (χ2v) is 7.27. The van der Waals surface area contributed by atoms with Crippen LogP contribution in [0.3, 0.4) is 0 Å². The fourth-order valence-corrected chi connectivity index (χ4v) is 4.16. The van der Waals surface area contributed by atoms with Gasteiger partial charge in [0, 0.05) is 23.8 Å².